The molecule has 0 amide bonds. The van der Waals surface area contributed by atoms with Crippen molar-refractivity contribution in [2.75, 3.05) is 19.6 Å². The Hall–Kier alpha value is -1.64. The van der Waals surface area contributed by atoms with Gasteiger partial charge in [-0.1, -0.05) is 68.4 Å². The Labute approximate surface area is 152 Å². The quantitative estimate of drug-likeness (QED) is 0.790. The summed E-state index contributed by atoms with van der Waals surface area (Å²) in [6.45, 7) is 7.49. The molecule has 0 aromatic heterocycles. The molecule has 25 heavy (non-hydrogen) atoms. The van der Waals surface area contributed by atoms with E-state index in [1.165, 1.54) is 24.0 Å². The first-order valence-electron chi connectivity index (χ1n) is 9.76. The molecule has 2 aromatic rings. The second kappa shape index (κ2) is 8.16. The lowest BCUT2D eigenvalue weighted by atomic mass is 9.75. The van der Waals surface area contributed by atoms with Gasteiger partial charge in [0.2, 0.25) is 0 Å². The van der Waals surface area contributed by atoms with E-state index in [2.05, 4.69) is 73.3 Å². The Balaban J connectivity index is 1.97. The molecule has 2 nitrogen and oxygen atoms in total. The topological polar surface area (TPSA) is 23.5 Å². The van der Waals surface area contributed by atoms with Gasteiger partial charge in [-0.2, -0.15) is 0 Å². The summed E-state index contributed by atoms with van der Waals surface area (Å²) in [5.41, 5.74) is 2.76. The van der Waals surface area contributed by atoms with Crippen molar-refractivity contribution in [2.45, 2.75) is 51.0 Å². The van der Waals surface area contributed by atoms with Gasteiger partial charge in [-0.05, 0) is 55.5 Å². The molecule has 0 aliphatic carbocycles. The molecule has 2 aromatic carbocycles. The number of benzene rings is 2. The summed E-state index contributed by atoms with van der Waals surface area (Å²) in [5.74, 6) is 0.0873. The van der Waals surface area contributed by atoms with Crippen molar-refractivity contribution in [1.82, 2.24) is 4.90 Å². The summed E-state index contributed by atoms with van der Waals surface area (Å²) < 4.78 is 0. The Morgan fingerprint density at radius 2 is 1.60 bits per heavy atom. The Morgan fingerprint density at radius 1 is 0.960 bits per heavy atom. The van der Waals surface area contributed by atoms with Gasteiger partial charge in [0.05, 0.1) is 5.60 Å². The molecule has 1 N–H and O–H groups in total. The third-order valence-corrected chi connectivity index (χ3v) is 5.82. The van der Waals surface area contributed by atoms with Crippen molar-refractivity contribution in [3.63, 3.8) is 0 Å². The van der Waals surface area contributed by atoms with E-state index in [0.29, 0.717) is 6.42 Å². The molecule has 2 heteroatoms. The van der Waals surface area contributed by atoms with Crippen LogP contribution in [0.4, 0.5) is 0 Å². The standard InChI is InChI=1S/C23H31NO/c1-3-19-12-14-21(15-13-19)23(25,4-2)22(18-24-16-8-9-17-24)20-10-6-5-7-11-20/h5-7,10-15,22,25H,3-4,8-9,16-18H2,1-2H3. The fourth-order valence-electron chi connectivity index (χ4n) is 4.12. The van der Waals surface area contributed by atoms with Crippen LogP contribution in [0.2, 0.25) is 0 Å². The molecule has 1 fully saturated rings. The zero-order chi connectivity index (χ0) is 17.7. The predicted octanol–water partition coefficient (Wildman–Crippen LogP) is 4.73. The minimum absolute atomic E-state index is 0.0873. The van der Waals surface area contributed by atoms with Crippen molar-refractivity contribution >= 4 is 0 Å². The van der Waals surface area contributed by atoms with E-state index in [-0.39, 0.29) is 5.92 Å². The van der Waals surface area contributed by atoms with E-state index in [9.17, 15) is 5.11 Å². The Morgan fingerprint density at radius 3 is 2.16 bits per heavy atom. The van der Waals surface area contributed by atoms with E-state index in [1.54, 1.807) is 0 Å². The largest absolute Gasteiger partial charge is 0.384 e. The highest BCUT2D eigenvalue weighted by Gasteiger charge is 2.39. The fraction of sp³-hybridized carbons (Fsp3) is 0.478. The molecular formula is C23H31NO. The molecule has 2 atom stereocenters. The molecule has 0 radical (unpaired) electrons. The fourth-order valence-corrected chi connectivity index (χ4v) is 4.12. The first kappa shape index (κ1) is 18.2. The first-order chi connectivity index (χ1) is 12.2. The molecule has 1 heterocycles. The number of likely N-dealkylation sites (tertiary alicyclic amines) is 1. The summed E-state index contributed by atoms with van der Waals surface area (Å²) in [5, 5.41) is 11.8. The lowest BCUT2D eigenvalue weighted by Crippen LogP contribution is -2.40. The first-order valence-corrected chi connectivity index (χ1v) is 9.76. The molecule has 1 saturated heterocycles. The second-order valence-electron chi connectivity index (χ2n) is 7.30. The van der Waals surface area contributed by atoms with Crippen LogP contribution in [-0.2, 0) is 12.0 Å². The average molecular weight is 338 g/mol. The highest BCUT2D eigenvalue weighted by atomic mass is 16.3. The molecule has 2 unspecified atom stereocenters. The molecule has 0 spiro atoms. The highest BCUT2D eigenvalue weighted by molar-refractivity contribution is 5.33. The Kier molecular flexibility index (Phi) is 5.93. The van der Waals surface area contributed by atoms with Gasteiger partial charge in [0.1, 0.15) is 0 Å². The number of aliphatic hydroxyl groups is 1. The van der Waals surface area contributed by atoms with E-state index >= 15 is 0 Å². The van der Waals surface area contributed by atoms with Gasteiger partial charge in [0.25, 0.3) is 0 Å². The van der Waals surface area contributed by atoms with Gasteiger partial charge in [-0.15, -0.1) is 0 Å². The van der Waals surface area contributed by atoms with Crippen LogP contribution in [-0.4, -0.2) is 29.6 Å². The second-order valence-corrected chi connectivity index (χ2v) is 7.30. The number of rotatable bonds is 7. The monoisotopic (exact) mass is 337 g/mol. The van der Waals surface area contributed by atoms with Crippen LogP contribution in [0.3, 0.4) is 0 Å². The Bertz CT molecular complexity index is 646. The van der Waals surface area contributed by atoms with Gasteiger partial charge in [0.15, 0.2) is 0 Å². The van der Waals surface area contributed by atoms with Crippen molar-refractivity contribution in [2.24, 2.45) is 0 Å². The normalized spacial score (nSPS) is 18.8. The third kappa shape index (κ3) is 3.96. The summed E-state index contributed by atoms with van der Waals surface area (Å²) in [6.07, 6.45) is 4.29. The van der Waals surface area contributed by atoms with Gasteiger partial charge in [-0.25, -0.2) is 0 Å². The van der Waals surface area contributed by atoms with Crippen LogP contribution in [0.1, 0.15) is 55.7 Å². The van der Waals surface area contributed by atoms with Gasteiger partial charge >= 0.3 is 0 Å². The minimum atomic E-state index is -0.837. The van der Waals surface area contributed by atoms with Crippen LogP contribution >= 0.6 is 0 Å². The number of hydrogen-bond acceptors (Lipinski definition) is 2. The SMILES string of the molecule is CCc1ccc(C(O)(CC)C(CN2CCCC2)c2ccccc2)cc1. The molecule has 3 rings (SSSR count). The van der Waals surface area contributed by atoms with E-state index in [1.807, 2.05) is 0 Å². The maximum absolute atomic E-state index is 11.8. The van der Waals surface area contributed by atoms with Crippen molar-refractivity contribution in [1.29, 1.82) is 0 Å². The van der Waals surface area contributed by atoms with Crippen molar-refractivity contribution in [3.8, 4) is 0 Å². The molecule has 1 aliphatic rings. The summed E-state index contributed by atoms with van der Waals surface area (Å²) in [4.78, 5) is 2.51. The number of aryl methyl sites for hydroxylation is 1. The summed E-state index contributed by atoms with van der Waals surface area (Å²) >= 11 is 0. The molecule has 0 saturated carbocycles. The summed E-state index contributed by atoms with van der Waals surface area (Å²) in [6, 6.07) is 19.1. The number of hydrogen-bond donors (Lipinski definition) is 1. The molecule has 1 aliphatic heterocycles. The van der Waals surface area contributed by atoms with E-state index in [0.717, 1.165) is 31.6 Å². The third-order valence-electron chi connectivity index (χ3n) is 5.82. The summed E-state index contributed by atoms with van der Waals surface area (Å²) in [7, 11) is 0. The van der Waals surface area contributed by atoms with Crippen LogP contribution in [0.15, 0.2) is 54.6 Å². The maximum Gasteiger partial charge on any atom is 0.0974 e. The lowest BCUT2D eigenvalue weighted by Gasteiger charge is -2.38. The maximum atomic E-state index is 11.8. The molecular weight excluding hydrogens is 306 g/mol. The van der Waals surface area contributed by atoms with Crippen molar-refractivity contribution < 1.29 is 5.11 Å². The van der Waals surface area contributed by atoms with E-state index in [4.69, 9.17) is 0 Å². The minimum Gasteiger partial charge on any atom is -0.384 e. The predicted molar refractivity (Wildman–Crippen MR) is 105 cm³/mol. The lowest BCUT2D eigenvalue weighted by molar-refractivity contribution is -0.00675. The van der Waals surface area contributed by atoms with Gasteiger partial charge in [-0.3, -0.25) is 0 Å². The van der Waals surface area contributed by atoms with Crippen molar-refractivity contribution in [3.05, 3.63) is 71.3 Å². The zero-order valence-corrected chi connectivity index (χ0v) is 15.6. The van der Waals surface area contributed by atoms with Crippen LogP contribution in [0.25, 0.3) is 0 Å². The highest BCUT2D eigenvalue weighted by Crippen LogP contribution is 2.40. The van der Waals surface area contributed by atoms with Gasteiger partial charge < -0.3 is 10.0 Å². The van der Waals surface area contributed by atoms with Crippen LogP contribution in [0, 0.1) is 0 Å². The smallest absolute Gasteiger partial charge is 0.0974 e. The van der Waals surface area contributed by atoms with E-state index < -0.39 is 5.60 Å². The zero-order valence-electron chi connectivity index (χ0n) is 15.6. The molecule has 0 bridgehead atoms. The van der Waals surface area contributed by atoms with Crippen LogP contribution < -0.4 is 0 Å². The average Bonchev–Trinajstić information content (AvgIpc) is 3.19. The molecule has 134 valence electrons. The van der Waals surface area contributed by atoms with Gasteiger partial charge in [0, 0.05) is 12.5 Å². The van der Waals surface area contributed by atoms with Crippen LogP contribution in [0.5, 0.6) is 0 Å². The number of nitrogens with zero attached hydrogens (tertiary/aromatic N) is 1.